The lowest BCUT2D eigenvalue weighted by molar-refractivity contribution is -0.384. The molecule has 4 nitrogen and oxygen atoms in total. The smallest absolute Gasteiger partial charge is 0.269 e. The first kappa shape index (κ1) is 13.3. The van der Waals surface area contributed by atoms with Crippen LogP contribution in [0.5, 0.6) is 0 Å². The zero-order valence-corrected chi connectivity index (χ0v) is 11.0. The fraction of sp³-hybridized carbons (Fsp3) is 0.538. The van der Waals surface area contributed by atoms with Crippen molar-refractivity contribution in [3.05, 3.63) is 39.9 Å². The number of nitro benzene ring substituents is 1. The lowest BCUT2D eigenvalue weighted by Gasteiger charge is -2.31. The number of hydrogen-bond acceptors (Lipinski definition) is 3. The number of non-ortho nitro benzene ring substituents is 1. The Bertz CT molecular complexity index is 400. The third-order valence-electron chi connectivity index (χ3n) is 3.56. The predicted octanol–water partition coefficient (Wildman–Crippen LogP) is 3.01. The van der Waals surface area contributed by atoms with Crippen molar-refractivity contribution < 1.29 is 4.92 Å². The van der Waals surface area contributed by atoms with Gasteiger partial charge in [-0.15, -0.1) is 11.6 Å². The molecule has 0 unspecified atom stereocenters. The molecule has 0 bridgehead atoms. The highest BCUT2D eigenvalue weighted by Crippen LogP contribution is 2.29. The van der Waals surface area contributed by atoms with Gasteiger partial charge in [-0.05, 0) is 37.4 Å². The van der Waals surface area contributed by atoms with Gasteiger partial charge in [-0.1, -0.05) is 12.1 Å². The molecule has 0 aromatic heterocycles. The molecule has 0 radical (unpaired) electrons. The molecule has 2 rings (SSSR count). The van der Waals surface area contributed by atoms with Gasteiger partial charge in [0, 0.05) is 24.6 Å². The SMILES string of the molecule is O=[N+]([O-])c1ccc(C2CCN(CCCl)CC2)cc1. The van der Waals surface area contributed by atoms with Gasteiger partial charge in [-0.3, -0.25) is 10.1 Å². The second kappa shape index (κ2) is 6.16. The maximum Gasteiger partial charge on any atom is 0.269 e. The maximum absolute atomic E-state index is 10.6. The number of nitro groups is 1. The number of alkyl halides is 1. The van der Waals surface area contributed by atoms with Crippen LogP contribution in [0.2, 0.25) is 0 Å². The van der Waals surface area contributed by atoms with Gasteiger partial charge in [0.2, 0.25) is 0 Å². The van der Waals surface area contributed by atoms with E-state index in [-0.39, 0.29) is 10.6 Å². The Morgan fingerprint density at radius 3 is 2.39 bits per heavy atom. The Morgan fingerprint density at radius 1 is 1.28 bits per heavy atom. The van der Waals surface area contributed by atoms with E-state index in [0.717, 1.165) is 32.5 Å². The molecule has 98 valence electrons. The summed E-state index contributed by atoms with van der Waals surface area (Å²) in [5, 5.41) is 10.6. The Morgan fingerprint density at radius 2 is 1.89 bits per heavy atom. The van der Waals surface area contributed by atoms with Crippen molar-refractivity contribution in [2.45, 2.75) is 18.8 Å². The highest BCUT2D eigenvalue weighted by molar-refractivity contribution is 6.18. The largest absolute Gasteiger partial charge is 0.302 e. The van der Waals surface area contributed by atoms with E-state index in [4.69, 9.17) is 11.6 Å². The van der Waals surface area contributed by atoms with E-state index in [2.05, 4.69) is 4.90 Å². The van der Waals surface area contributed by atoms with Gasteiger partial charge in [0.15, 0.2) is 0 Å². The fourth-order valence-corrected chi connectivity index (χ4v) is 2.72. The van der Waals surface area contributed by atoms with Gasteiger partial charge in [0.05, 0.1) is 4.92 Å². The summed E-state index contributed by atoms with van der Waals surface area (Å²) in [5.41, 5.74) is 1.38. The molecular formula is C13H17ClN2O2. The van der Waals surface area contributed by atoms with Crippen LogP contribution in [-0.2, 0) is 0 Å². The molecule has 0 atom stereocenters. The van der Waals surface area contributed by atoms with Crippen molar-refractivity contribution in [3.8, 4) is 0 Å². The fourth-order valence-electron chi connectivity index (χ4n) is 2.48. The van der Waals surface area contributed by atoms with Crippen molar-refractivity contribution in [1.29, 1.82) is 0 Å². The van der Waals surface area contributed by atoms with E-state index in [0.29, 0.717) is 11.8 Å². The van der Waals surface area contributed by atoms with Crippen LogP contribution in [0.15, 0.2) is 24.3 Å². The number of piperidine rings is 1. The first-order valence-corrected chi connectivity index (χ1v) is 6.77. The van der Waals surface area contributed by atoms with Crippen LogP contribution in [0.25, 0.3) is 0 Å². The van der Waals surface area contributed by atoms with Crippen molar-refractivity contribution >= 4 is 17.3 Å². The van der Waals surface area contributed by atoms with E-state index in [1.807, 2.05) is 12.1 Å². The average Bonchev–Trinajstić information content (AvgIpc) is 2.40. The maximum atomic E-state index is 10.6. The van der Waals surface area contributed by atoms with Gasteiger partial charge in [-0.2, -0.15) is 0 Å². The second-order valence-corrected chi connectivity index (χ2v) is 5.03. The zero-order chi connectivity index (χ0) is 13.0. The van der Waals surface area contributed by atoms with Crippen molar-refractivity contribution in [2.75, 3.05) is 25.5 Å². The minimum Gasteiger partial charge on any atom is -0.302 e. The standard InChI is InChI=1S/C13H17ClN2O2/c14-7-10-15-8-5-12(6-9-15)11-1-3-13(4-2-11)16(17)18/h1-4,12H,5-10H2. The Balaban J connectivity index is 1.95. The van der Waals surface area contributed by atoms with E-state index < -0.39 is 0 Å². The number of hydrogen-bond donors (Lipinski definition) is 0. The molecular weight excluding hydrogens is 252 g/mol. The molecule has 5 heteroatoms. The minimum atomic E-state index is -0.354. The summed E-state index contributed by atoms with van der Waals surface area (Å²) in [7, 11) is 0. The molecule has 0 spiro atoms. The van der Waals surface area contributed by atoms with Gasteiger partial charge in [-0.25, -0.2) is 0 Å². The summed E-state index contributed by atoms with van der Waals surface area (Å²) in [5.74, 6) is 1.21. The molecule has 1 aromatic carbocycles. The Labute approximate surface area is 112 Å². The predicted molar refractivity (Wildman–Crippen MR) is 72.2 cm³/mol. The summed E-state index contributed by atoms with van der Waals surface area (Å²) >= 11 is 5.73. The molecule has 18 heavy (non-hydrogen) atoms. The molecule has 1 aliphatic rings. The molecule has 1 saturated heterocycles. The van der Waals surface area contributed by atoms with Gasteiger partial charge in [0.25, 0.3) is 5.69 Å². The van der Waals surface area contributed by atoms with Crippen LogP contribution < -0.4 is 0 Å². The monoisotopic (exact) mass is 268 g/mol. The highest BCUT2D eigenvalue weighted by Gasteiger charge is 2.20. The molecule has 0 aliphatic carbocycles. The van der Waals surface area contributed by atoms with Gasteiger partial charge < -0.3 is 4.90 Å². The number of halogens is 1. The summed E-state index contributed by atoms with van der Waals surface area (Å²) in [6, 6.07) is 6.97. The Hall–Kier alpha value is -1.13. The molecule has 0 amide bonds. The molecule has 1 fully saturated rings. The molecule has 1 aromatic rings. The zero-order valence-electron chi connectivity index (χ0n) is 10.2. The first-order chi connectivity index (χ1) is 8.70. The van der Waals surface area contributed by atoms with Crippen LogP contribution in [0.4, 0.5) is 5.69 Å². The van der Waals surface area contributed by atoms with E-state index in [1.54, 1.807) is 12.1 Å². The van der Waals surface area contributed by atoms with Crippen molar-refractivity contribution in [2.24, 2.45) is 0 Å². The van der Waals surface area contributed by atoms with Crippen LogP contribution in [0.3, 0.4) is 0 Å². The second-order valence-electron chi connectivity index (χ2n) is 4.65. The number of benzene rings is 1. The summed E-state index contributed by atoms with van der Waals surface area (Å²) in [4.78, 5) is 12.6. The van der Waals surface area contributed by atoms with E-state index >= 15 is 0 Å². The van der Waals surface area contributed by atoms with Crippen LogP contribution in [0, 0.1) is 10.1 Å². The van der Waals surface area contributed by atoms with E-state index in [9.17, 15) is 10.1 Å². The highest BCUT2D eigenvalue weighted by atomic mass is 35.5. The van der Waals surface area contributed by atoms with Crippen LogP contribution in [-0.4, -0.2) is 35.3 Å². The van der Waals surface area contributed by atoms with Crippen molar-refractivity contribution in [3.63, 3.8) is 0 Å². The normalized spacial score (nSPS) is 17.8. The topological polar surface area (TPSA) is 46.4 Å². The lowest BCUT2D eigenvalue weighted by Crippen LogP contribution is -2.34. The van der Waals surface area contributed by atoms with Crippen LogP contribution in [0.1, 0.15) is 24.3 Å². The molecule has 1 aliphatic heterocycles. The van der Waals surface area contributed by atoms with Gasteiger partial charge >= 0.3 is 0 Å². The number of likely N-dealkylation sites (tertiary alicyclic amines) is 1. The summed E-state index contributed by atoms with van der Waals surface area (Å²) < 4.78 is 0. The third kappa shape index (κ3) is 3.21. The Kier molecular flexibility index (Phi) is 4.55. The molecule has 1 heterocycles. The van der Waals surface area contributed by atoms with Gasteiger partial charge in [0.1, 0.15) is 0 Å². The number of rotatable bonds is 4. The number of nitrogens with zero attached hydrogens (tertiary/aromatic N) is 2. The molecule has 0 saturated carbocycles. The first-order valence-electron chi connectivity index (χ1n) is 6.23. The quantitative estimate of drug-likeness (QED) is 0.479. The van der Waals surface area contributed by atoms with Crippen molar-refractivity contribution in [1.82, 2.24) is 4.90 Å². The van der Waals surface area contributed by atoms with E-state index in [1.165, 1.54) is 5.56 Å². The van der Waals surface area contributed by atoms with Crippen LogP contribution >= 0.6 is 11.6 Å². The average molecular weight is 269 g/mol. The third-order valence-corrected chi connectivity index (χ3v) is 3.73. The minimum absolute atomic E-state index is 0.165. The lowest BCUT2D eigenvalue weighted by atomic mass is 9.89. The summed E-state index contributed by atoms with van der Waals surface area (Å²) in [6.45, 7) is 3.08. The summed E-state index contributed by atoms with van der Waals surface area (Å²) in [6.07, 6.45) is 2.21. The molecule has 0 N–H and O–H groups in total.